The van der Waals surface area contributed by atoms with Crippen LogP contribution in [-0.4, -0.2) is 12.6 Å². The van der Waals surface area contributed by atoms with Crippen LogP contribution in [0, 0.1) is 5.92 Å². The molecule has 0 atom stereocenters. The first kappa shape index (κ1) is 12.1. The van der Waals surface area contributed by atoms with Gasteiger partial charge in [0, 0.05) is 6.54 Å². The van der Waals surface area contributed by atoms with Gasteiger partial charge in [0.25, 0.3) is 0 Å². The average molecular weight is 233 g/mol. The van der Waals surface area contributed by atoms with E-state index in [2.05, 4.69) is 0 Å². The van der Waals surface area contributed by atoms with Crippen LogP contribution in [0.25, 0.3) is 0 Å². The molecule has 1 aromatic rings. The molecule has 0 unspecified atom stereocenters. The maximum Gasteiger partial charge on any atom is 0.338 e. The molecule has 0 heterocycles. The Bertz CT molecular complexity index is 366. The van der Waals surface area contributed by atoms with E-state index in [1.165, 1.54) is 25.7 Å². The first-order valence-corrected chi connectivity index (χ1v) is 6.25. The molecule has 3 nitrogen and oxygen atoms in total. The van der Waals surface area contributed by atoms with Gasteiger partial charge in [0.2, 0.25) is 0 Å². The van der Waals surface area contributed by atoms with Crippen molar-refractivity contribution in [3.63, 3.8) is 0 Å². The summed E-state index contributed by atoms with van der Waals surface area (Å²) >= 11 is 0. The van der Waals surface area contributed by atoms with E-state index in [-0.39, 0.29) is 5.97 Å². The van der Waals surface area contributed by atoms with Crippen molar-refractivity contribution in [2.45, 2.75) is 32.2 Å². The van der Waals surface area contributed by atoms with Crippen LogP contribution in [0.3, 0.4) is 0 Å². The van der Waals surface area contributed by atoms with Gasteiger partial charge >= 0.3 is 5.97 Å². The monoisotopic (exact) mass is 233 g/mol. The summed E-state index contributed by atoms with van der Waals surface area (Å²) in [6.07, 6.45) is 4.93. The summed E-state index contributed by atoms with van der Waals surface area (Å²) in [6.45, 7) is 1.06. The number of rotatable bonds is 4. The Balaban J connectivity index is 1.85. The Morgan fingerprint density at radius 2 is 1.88 bits per heavy atom. The lowest BCUT2D eigenvalue weighted by Crippen LogP contribution is -2.12. The fourth-order valence-electron chi connectivity index (χ4n) is 2.23. The molecule has 0 radical (unpaired) electrons. The molecule has 92 valence electrons. The highest BCUT2D eigenvalue weighted by Gasteiger charge is 2.17. The van der Waals surface area contributed by atoms with E-state index in [1.807, 2.05) is 12.1 Å². The summed E-state index contributed by atoms with van der Waals surface area (Å²) in [6, 6.07) is 7.29. The quantitative estimate of drug-likeness (QED) is 0.813. The van der Waals surface area contributed by atoms with Crippen molar-refractivity contribution in [3.05, 3.63) is 35.4 Å². The molecule has 1 aliphatic carbocycles. The van der Waals surface area contributed by atoms with Crippen LogP contribution in [0.4, 0.5) is 0 Å². The second-order valence-electron chi connectivity index (χ2n) is 4.65. The highest BCUT2D eigenvalue weighted by Crippen LogP contribution is 2.24. The maximum atomic E-state index is 11.7. The molecule has 1 aromatic carbocycles. The van der Waals surface area contributed by atoms with E-state index < -0.39 is 0 Å². The molecule has 0 bridgehead atoms. The molecule has 1 aliphatic rings. The van der Waals surface area contributed by atoms with Crippen LogP contribution in [0.5, 0.6) is 0 Å². The van der Waals surface area contributed by atoms with E-state index in [9.17, 15) is 4.79 Å². The second-order valence-corrected chi connectivity index (χ2v) is 4.65. The zero-order valence-corrected chi connectivity index (χ0v) is 10.0. The van der Waals surface area contributed by atoms with Gasteiger partial charge in [-0.15, -0.1) is 0 Å². The number of ether oxygens (including phenoxy) is 1. The first-order valence-electron chi connectivity index (χ1n) is 6.25. The van der Waals surface area contributed by atoms with Gasteiger partial charge in [0.1, 0.15) is 0 Å². The number of carbonyl (C=O) groups is 1. The molecule has 1 saturated carbocycles. The van der Waals surface area contributed by atoms with Gasteiger partial charge in [0.15, 0.2) is 0 Å². The lowest BCUT2D eigenvalue weighted by molar-refractivity contribution is 0.0442. The molecule has 0 aliphatic heterocycles. The van der Waals surface area contributed by atoms with Gasteiger partial charge < -0.3 is 10.5 Å². The van der Waals surface area contributed by atoms with Gasteiger partial charge in [-0.05, 0) is 36.5 Å². The van der Waals surface area contributed by atoms with Crippen molar-refractivity contribution < 1.29 is 9.53 Å². The molecular formula is C14H19NO2. The predicted molar refractivity (Wildman–Crippen MR) is 66.6 cm³/mol. The average Bonchev–Trinajstić information content (AvgIpc) is 2.89. The SMILES string of the molecule is NCc1ccc(C(=O)OCC2CCCC2)cc1. The lowest BCUT2D eigenvalue weighted by atomic mass is 10.1. The largest absolute Gasteiger partial charge is 0.462 e. The van der Waals surface area contributed by atoms with Crippen LogP contribution < -0.4 is 5.73 Å². The Morgan fingerprint density at radius 3 is 2.47 bits per heavy atom. The zero-order valence-electron chi connectivity index (χ0n) is 10.0. The Hall–Kier alpha value is -1.35. The molecular weight excluding hydrogens is 214 g/mol. The summed E-state index contributed by atoms with van der Waals surface area (Å²) in [5, 5.41) is 0. The number of hydrogen-bond acceptors (Lipinski definition) is 3. The van der Waals surface area contributed by atoms with Crippen LogP contribution in [-0.2, 0) is 11.3 Å². The smallest absolute Gasteiger partial charge is 0.338 e. The van der Waals surface area contributed by atoms with E-state index in [0.717, 1.165) is 5.56 Å². The first-order chi connectivity index (χ1) is 8.29. The number of carbonyl (C=O) groups excluding carboxylic acids is 1. The molecule has 3 heteroatoms. The summed E-state index contributed by atoms with van der Waals surface area (Å²) in [5.41, 5.74) is 7.14. The summed E-state index contributed by atoms with van der Waals surface area (Å²) in [7, 11) is 0. The van der Waals surface area contributed by atoms with Gasteiger partial charge in [0.05, 0.1) is 12.2 Å². The van der Waals surface area contributed by atoms with Gasteiger partial charge in [-0.1, -0.05) is 25.0 Å². The minimum Gasteiger partial charge on any atom is -0.462 e. The van der Waals surface area contributed by atoms with Gasteiger partial charge in [-0.3, -0.25) is 0 Å². The topological polar surface area (TPSA) is 52.3 Å². The number of benzene rings is 1. The second kappa shape index (κ2) is 5.82. The van der Waals surface area contributed by atoms with Crippen LogP contribution in [0.1, 0.15) is 41.6 Å². The maximum absolute atomic E-state index is 11.7. The molecule has 2 N–H and O–H groups in total. The molecule has 0 spiro atoms. The number of nitrogens with two attached hydrogens (primary N) is 1. The third kappa shape index (κ3) is 3.30. The van der Waals surface area contributed by atoms with Crippen molar-refractivity contribution in [2.24, 2.45) is 11.7 Å². The molecule has 1 fully saturated rings. The van der Waals surface area contributed by atoms with E-state index in [1.54, 1.807) is 12.1 Å². The molecule has 0 aromatic heterocycles. The van der Waals surface area contributed by atoms with Crippen molar-refractivity contribution in [3.8, 4) is 0 Å². The molecule has 17 heavy (non-hydrogen) atoms. The standard InChI is InChI=1S/C14H19NO2/c15-9-11-5-7-13(8-6-11)14(16)17-10-12-3-1-2-4-12/h5-8,12H,1-4,9-10,15H2. The summed E-state index contributed by atoms with van der Waals surface area (Å²) in [5.74, 6) is 0.350. The Morgan fingerprint density at radius 1 is 1.24 bits per heavy atom. The normalized spacial score (nSPS) is 16.1. The zero-order chi connectivity index (χ0) is 12.1. The number of esters is 1. The Labute approximate surface area is 102 Å². The fourth-order valence-corrected chi connectivity index (χ4v) is 2.23. The van der Waals surface area contributed by atoms with Crippen molar-refractivity contribution in [2.75, 3.05) is 6.61 Å². The predicted octanol–water partition coefficient (Wildman–Crippen LogP) is 2.49. The van der Waals surface area contributed by atoms with Crippen LogP contribution >= 0.6 is 0 Å². The van der Waals surface area contributed by atoms with Crippen molar-refractivity contribution in [1.82, 2.24) is 0 Å². The summed E-state index contributed by atoms with van der Waals surface area (Å²) in [4.78, 5) is 11.7. The molecule has 0 amide bonds. The van der Waals surface area contributed by atoms with E-state index in [4.69, 9.17) is 10.5 Å². The van der Waals surface area contributed by atoms with Crippen LogP contribution in [0.15, 0.2) is 24.3 Å². The Kier molecular flexibility index (Phi) is 4.15. The minimum absolute atomic E-state index is 0.222. The minimum atomic E-state index is -0.222. The van der Waals surface area contributed by atoms with E-state index >= 15 is 0 Å². The number of hydrogen-bond donors (Lipinski definition) is 1. The van der Waals surface area contributed by atoms with Crippen molar-refractivity contribution in [1.29, 1.82) is 0 Å². The molecule has 0 saturated heterocycles. The summed E-state index contributed by atoms with van der Waals surface area (Å²) < 4.78 is 5.32. The van der Waals surface area contributed by atoms with Crippen LogP contribution in [0.2, 0.25) is 0 Å². The van der Waals surface area contributed by atoms with Crippen molar-refractivity contribution >= 4 is 5.97 Å². The van der Waals surface area contributed by atoms with E-state index in [0.29, 0.717) is 24.6 Å². The van der Waals surface area contributed by atoms with Gasteiger partial charge in [-0.2, -0.15) is 0 Å². The fraction of sp³-hybridized carbons (Fsp3) is 0.500. The third-order valence-corrected chi connectivity index (χ3v) is 3.35. The highest BCUT2D eigenvalue weighted by atomic mass is 16.5. The van der Waals surface area contributed by atoms with Gasteiger partial charge in [-0.25, -0.2) is 4.79 Å². The highest BCUT2D eigenvalue weighted by molar-refractivity contribution is 5.89. The third-order valence-electron chi connectivity index (χ3n) is 3.35. The lowest BCUT2D eigenvalue weighted by Gasteiger charge is -2.10. The molecule has 2 rings (SSSR count).